The highest BCUT2D eigenvalue weighted by molar-refractivity contribution is 7.15. The molecule has 0 fully saturated rings. The fourth-order valence-corrected chi connectivity index (χ4v) is 2.13. The van der Waals surface area contributed by atoms with Crippen molar-refractivity contribution in [3.8, 4) is 0 Å². The zero-order valence-electron chi connectivity index (χ0n) is 8.27. The minimum atomic E-state index is 1.07. The molecule has 0 saturated carbocycles. The molecular weight excluding hydrogens is 192 g/mol. The molecule has 0 spiro atoms. The van der Waals surface area contributed by atoms with Gasteiger partial charge < -0.3 is 0 Å². The van der Waals surface area contributed by atoms with Gasteiger partial charge in [0.1, 0.15) is 0 Å². The van der Waals surface area contributed by atoms with Crippen molar-refractivity contribution in [1.82, 2.24) is 9.38 Å². The third kappa shape index (κ3) is 1.30. The Labute approximate surface area is 86.8 Å². The molecule has 3 rings (SSSR count). The average Bonchev–Trinajstić information content (AvgIpc) is 2.80. The Kier molecular flexibility index (Phi) is 2.50. The summed E-state index contributed by atoms with van der Waals surface area (Å²) >= 11 is 1.66. The zero-order chi connectivity index (χ0) is 9.97. The van der Waals surface area contributed by atoms with E-state index in [1.165, 1.54) is 5.52 Å². The maximum atomic E-state index is 4.46. The number of para-hydroxylation sites is 2. The summed E-state index contributed by atoms with van der Waals surface area (Å²) in [7, 11) is 0. The summed E-state index contributed by atoms with van der Waals surface area (Å²) in [4.78, 5) is 5.52. The van der Waals surface area contributed by atoms with E-state index in [1.807, 2.05) is 32.0 Å². The first-order valence-electron chi connectivity index (χ1n) is 4.75. The van der Waals surface area contributed by atoms with Gasteiger partial charge in [-0.1, -0.05) is 26.0 Å². The van der Waals surface area contributed by atoms with Gasteiger partial charge in [-0.05, 0) is 12.1 Å². The molecule has 0 aliphatic carbocycles. The molecule has 2 heterocycles. The molecule has 0 atom stereocenters. The first kappa shape index (κ1) is 9.21. The normalized spacial score (nSPS) is 10.1. The van der Waals surface area contributed by atoms with Crippen LogP contribution in [0.1, 0.15) is 13.8 Å². The standard InChI is InChI=1S/C9H6N2S.C2H6/c1-2-4-8-7(3-1)10-9-11(8)5-6-12-9;1-2/h1-6H;1-2H3. The minimum absolute atomic E-state index is 1.07. The van der Waals surface area contributed by atoms with E-state index in [9.17, 15) is 0 Å². The summed E-state index contributed by atoms with van der Waals surface area (Å²) in [6.45, 7) is 4.00. The summed E-state index contributed by atoms with van der Waals surface area (Å²) in [5.74, 6) is 0. The van der Waals surface area contributed by atoms with Crippen LogP contribution in [0.15, 0.2) is 35.8 Å². The Morgan fingerprint density at radius 3 is 2.86 bits per heavy atom. The van der Waals surface area contributed by atoms with Crippen LogP contribution >= 0.6 is 11.3 Å². The SMILES string of the molecule is CC.c1ccc2c(c1)nc1sccn12. The van der Waals surface area contributed by atoms with Crippen LogP contribution in [0.2, 0.25) is 0 Å². The number of nitrogens with zero attached hydrogens (tertiary/aromatic N) is 2. The molecule has 0 aliphatic rings. The average molecular weight is 204 g/mol. The Bertz CT molecular complexity index is 535. The van der Waals surface area contributed by atoms with Gasteiger partial charge >= 0.3 is 0 Å². The molecular formula is C11H12N2S. The number of hydrogen-bond donors (Lipinski definition) is 0. The number of hydrogen-bond acceptors (Lipinski definition) is 2. The lowest BCUT2D eigenvalue weighted by atomic mass is 10.3. The number of benzene rings is 1. The molecule has 0 aliphatic heterocycles. The van der Waals surface area contributed by atoms with Crippen molar-refractivity contribution < 1.29 is 0 Å². The maximum absolute atomic E-state index is 4.46. The molecule has 0 bridgehead atoms. The van der Waals surface area contributed by atoms with E-state index in [0.29, 0.717) is 0 Å². The maximum Gasteiger partial charge on any atom is 0.194 e. The van der Waals surface area contributed by atoms with Gasteiger partial charge in [-0.3, -0.25) is 4.40 Å². The van der Waals surface area contributed by atoms with Crippen molar-refractivity contribution in [3.63, 3.8) is 0 Å². The number of aromatic nitrogens is 2. The molecule has 3 aromatic rings. The largest absolute Gasteiger partial charge is 0.290 e. The first-order chi connectivity index (χ1) is 6.95. The van der Waals surface area contributed by atoms with Gasteiger partial charge in [0.15, 0.2) is 4.96 Å². The van der Waals surface area contributed by atoms with E-state index < -0.39 is 0 Å². The van der Waals surface area contributed by atoms with Gasteiger partial charge in [0, 0.05) is 11.6 Å². The van der Waals surface area contributed by atoms with Crippen molar-refractivity contribution in [2.75, 3.05) is 0 Å². The highest BCUT2D eigenvalue weighted by atomic mass is 32.1. The fraction of sp³-hybridized carbons (Fsp3) is 0.182. The lowest BCUT2D eigenvalue weighted by Gasteiger charge is -1.86. The predicted octanol–water partition coefficient (Wildman–Crippen LogP) is 3.58. The molecule has 0 radical (unpaired) electrons. The van der Waals surface area contributed by atoms with Gasteiger partial charge in [0.25, 0.3) is 0 Å². The van der Waals surface area contributed by atoms with E-state index >= 15 is 0 Å². The van der Waals surface area contributed by atoms with Crippen LogP contribution in [-0.2, 0) is 0 Å². The molecule has 2 aromatic heterocycles. The van der Waals surface area contributed by atoms with Crippen molar-refractivity contribution in [2.45, 2.75) is 13.8 Å². The van der Waals surface area contributed by atoms with Crippen LogP contribution in [0.5, 0.6) is 0 Å². The van der Waals surface area contributed by atoms with E-state index in [0.717, 1.165) is 10.5 Å². The lowest BCUT2D eigenvalue weighted by Crippen LogP contribution is -1.73. The number of imidazole rings is 1. The van der Waals surface area contributed by atoms with Gasteiger partial charge in [0.05, 0.1) is 11.0 Å². The molecule has 1 aromatic carbocycles. The minimum Gasteiger partial charge on any atom is -0.290 e. The fourth-order valence-electron chi connectivity index (χ4n) is 1.40. The predicted molar refractivity (Wildman–Crippen MR) is 61.9 cm³/mol. The second-order valence-corrected chi connectivity index (χ2v) is 3.53. The van der Waals surface area contributed by atoms with Crippen molar-refractivity contribution in [2.24, 2.45) is 0 Å². The number of rotatable bonds is 0. The quantitative estimate of drug-likeness (QED) is 0.547. The third-order valence-electron chi connectivity index (χ3n) is 1.95. The van der Waals surface area contributed by atoms with Crippen LogP contribution in [0.4, 0.5) is 0 Å². The molecule has 0 N–H and O–H groups in total. The summed E-state index contributed by atoms with van der Waals surface area (Å²) < 4.78 is 2.11. The smallest absolute Gasteiger partial charge is 0.194 e. The Balaban J connectivity index is 0.000000354. The van der Waals surface area contributed by atoms with Crippen LogP contribution < -0.4 is 0 Å². The molecule has 0 saturated heterocycles. The molecule has 3 heteroatoms. The monoisotopic (exact) mass is 204 g/mol. The first-order valence-corrected chi connectivity index (χ1v) is 5.63. The van der Waals surface area contributed by atoms with Crippen molar-refractivity contribution in [3.05, 3.63) is 35.8 Å². The Morgan fingerprint density at radius 2 is 2.00 bits per heavy atom. The second-order valence-electron chi connectivity index (χ2n) is 2.66. The molecule has 0 amide bonds. The zero-order valence-corrected chi connectivity index (χ0v) is 9.08. The molecule has 14 heavy (non-hydrogen) atoms. The lowest BCUT2D eigenvalue weighted by molar-refractivity contribution is 1.28. The Hall–Kier alpha value is -1.35. The highest BCUT2D eigenvalue weighted by Crippen LogP contribution is 2.19. The van der Waals surface area contributed by atoms with Crippen molar-refractivity contribution in [1.29, 1.82) is 0 Å². The van der Waals surface area contributed by atoms with E-state index in [4.69, 9.17) is 0 Å². The van der Waals surface area contributed by atoms with Gasteiger partial charge in [-0.2, -0.15) is 0 Å². The second kappa shape index (κ2) is 3.80. The molecule has 0 unspecified atom stereocenters. The van der Waals surface area contributed by atoms with E-state index in [-0.39, 0.29) is 0 Å². The molecule has 2 nitrogen and oxygen atoms in total. The highest BCUT2D eigenvalue weighted by Gasteiger charge is 2.02. The molecule has 72 valence electrons. The van der Waals surface area contributed by atoms with Gasteiger partial charge in [0.2, 0.25) is 0 Å². The van der Waals surface area contributed by atoms with E-state index in [2.05, 4.69) is 27.0 Å². The summed E-state index contributed by atoms with van der Waals surface area (Å²) in [6, 6.07) is 8.17. The van der Waals surface area contributed by atoms with Gasteiger partial charge in [-0.15, -0.1) is 11.3 Å². The van der Waals surface area contributed by atoms with Gasteiger partial charge in [-0.25, -0.2) is 4.98 Å². The van der Waals surface area contributed by atoms with Crippen LogP contribution in [0, 0.1) is 0 Å². The topological polar surface area (TPSA) is 17.3 Å². The van der Waals surface area contributed by atoms with Crippen LogP contribution in [0.25, 0.3) is 16.0 Å². The summed E-state index contributed by atoms with van der Waals surface area (Å²) in [6.07, 6.45) is 2.05. The third-order valence-corrected chi connectivity index (χ3v) is 2.70. The Morgan fingerprint density at radius 1 is 1.21 bits per heavy atom. The van der Waals surface area contributed by atoms with Crippen LogP contribution in [-0.4, -0.2) is 9.38 Å². The summed E-state index contributed by atoms with van der Waals surface area (Å²) in [5, 5.41) is 2.05. The van der Waals surface area contributed by atoms with Crippen molar-refractivity contribution >= 4 is 27.3 Å². The van der Waals surface area contributed by atoms with Crippen LogP contribution in [0.3, 0.4) is 0 Å². The number of fused-ring (bicyclic) bond motifs is 3. The van der Waals surface area contributed by atoms with E-state index in [1.54, 1.807) is 11.3 Å². The number of thiazole rings is 1. The summed E-state index contributed by atoms with van der Waals surface area (Å²) in [5.41, 5.74) is 2.26.